The summed E-state index contributed by atoms with van der Waals surface area (Å²) in [6.07, 6.45) is 9.09. The van der Waals surface area contributed by atoms with E-state index in [1.807, 2.05) is 30.5 Å². The first-order valence-electron chi connectivity index (χ1n) is 12.0. The van der Waals surface area contributed by atoms with E-state index in [-0.39, 0.29) is 11.9 Å². The minimum absolute atomic E-state index is 0.105. The van der Waals surface area contributed by atoms with Gasteiger partial charge in [0.2, 0.25) is 0 Å². The molecule has 35 heavy (non-hydrogen) atoms. The Morgan fingerprint density at radius 3 is 2.77 bits per heavy atom. The van der Waals surface area contributed by atoms with Gasteiger partial charge < -0.3 is 14.8 Å². The van der Waals surface area contributed by atoms with E-state index in [0.29, 0.717) is 28.3 Å². The Balaban J connectivity index is 1.65. The van der Waals surface area contributed by atoms with Gasteiger partial charge in [-0.3, -0.25) is 0 Å². The van der Waals surface area contributed by atoms with E-state index < -0.39 is 12.1 Å². The van der Waals surface area contributed by atoms with Crippen LogP contribution >= 0.6 is 23.1 Å². The van der Waals surface area contributed by atoms with E-state index in [1.165, 1.54) is 23.1 Å². The molecule has 7 nitrogen and oxygen atoms in total. The number of carbonyl (C=O) groups is 2. The molecule has 3 aromatic rings. The highest BCUT2D eigenvalue weighted by Crippen LogP contribution is 2.45. The maximum Gasteiger partial charge on any atom is 0.412 e. The van der Waals surface area contributed by atoms with E-state index in [9.17, 15) is 9.59 Å². The summed E-state index contributed by atoms with van der Waals surface area (Å²) in [7, 11) is 0. The fourth-order valence-electron chi connectivity index (χ4n) is 4.32. The maximum atomic E-state index is 13.3. The second-order valence-corrected chi connectivity index (χ2v) is 10.4. The number of nitrogens with one attached hydrogen (secondary N) is 1. The van der Waals surface area contributed by atoms with Crippen LogP contribution in [0.25, 0.3) is 21.0 Å². The van der Waals surface area contributed by atoms with Gasteiger partial charge >= 0.3 is 12.1 Å². The molecule has 9 heteroatoms. The number of thiophene rings is 1. The molecule has 2 aromatic heterocycles. The van der Waals surface area contributed by atoms with Crippen LogP contribution in [0.3, 0.4) is 0 Å². The third-order valence-electron chi connectivity index (χ3n) is 6.08. The molecule has 1 aromatic carbocycles. The summed E-state index contributed by atoms with van der Waals surface area (Å²) in [6.45, 7) is 0.435. The zero-order valence-corrected chi connectivity index (χ0v) is 21.4. The van der Waals surface area contributed by atoms with Crippen LogP contribution in [0.1, 0.15) is 67.5 Å². The van der Waals surface area contributed by atoms with Crippen molar-refractivity contribution in [3.8, 4) is 11.8 Å². The molecule has 2 heterocycles. The first kappa shape index (κ1) is 25.3. The Morgan fingerprint density at radius 2 is 2.00 bits per heavy atom. The number of benzene rings is 1. The Morgan fingerprint density at radius 1 is 1.20 bits per heavy atom. The number of fused-ring (bicyclic) bond motifs is 3. The summed E-state index contributed by atoms with van der Waals surface area (Å²) < 4.78 is 12.5. The quantitative estimate of drug-likeness (QED) is 0.191. The summed E-state index contributed by atoms with van der Waals surface area (Å²) in [5.41, 5.74) is 0.825. The molecule has 1 aliphatic carbocycles. The van der Waals surface area contributed by atoms with Crippen LogP contribution in [-0.4, -0.2) is 36.0 Å². The van der Waals surface area contributed by atoms with E-state index >= 15 is 0 Å². The molecule has 1 aliphatic rings. The van der Waals surface area contributed by atoms with Crippen LogP contribution in [-0.2, 0) is 4.74 Å². The number of rotatable bonds is 9. The number of hydrogen-bond donors (Lipinski definition) is 1. The molecule has 0 spiro atoms. The molecule has 0 atom stereocenters. The summed E-state index contributed by atoms with van der Waals surface area (Å²) in [4.78, 5) is 31.1. The van der Waals surface area contributed by atoms with E-state index in [0.717, 1.165) is 67.0 Å². The standard InChI is InChI=1S/C26H29N3O4S2/c1-34-24-20-21(33-26(31)28-16-10-3-2-9-15-27)23(25(30)32-17-11-5-4-6-12-17)35-22(20)18-13-7-8-14-19(18)29-24/h7-8,13-14,17H,2-6,9-12,16H2,1H3,(H,28,31). The number of para-hydroxylation sites is 1. The molecule has 0 aliphatic heterocycles. The highest BCUT2D eigenvalue weighted by molar-refractivity contribution is 7.98. The van der Waals surface area contributed by atoms with Gasteiger partial charge in [0.15, 0.2) is 10.6 Å². The zero-order valence-electron chi connectivity index (χ0n) is 19.8. The van der Waals surface area contributed by atoms with Crippen molar-refractivity contribution in [1.82, 2.24) is 10.3 Å². The molecule has 1 amide bonds. The van der Waals surface area contributed by atoms with Gasteiger partial charge in [-0.2, -0.15) is 5.26 Å². The van der Waals surface area contributed by atoms with Crippen LogP contribution in [0, 0.1) is 11.3 Å². The number of nitrogens with zero attached hydrogens (tertiary/aromatic N) is 2. The Kier molecular flexibility index (Phi) is 8.83. The van der Waals surface area contributed by atoms with Gasteiger partial charge in [0.05, 0.1) is 21.7 Å². The number of aromatic nitrogens is 1. The van der Waals surface area contributed by atoms with Crippen molar-refractivity contribution in [1.29, 1.82) is 5.26 Å². The molecular weight excluding hydrogens is 482 g/mol. The Labute approximate surface area is 213 Å². The van der Waals surface area contributed by atoms with Crippen LogP contribution < -0.4 is 10.1 Å². The third kappa shape index (κ3) is 6.06. The number of thioether (sulfide) groups is 1. The minimum Gasteiger partial charge on any atom is -0.458 e. The molecule has 1 fully saturated rings. The highest BCUT2D eigenvalue weighted by atomic mass is 32.2. The first-order chi connectivity index (χ1) is 17.1. The molecular formula is C26H29N3O4S2. The number of pyridine rings is 1. The van der Waals surface area contributed by atoms with Crippen LogP contribution in [0.4, 0.5) is 4.79 Å². The molecule has 4 rings (SSSR count). The van der Waals surface area contributed by atoms with Crippen LogP contribution in [0.2, 0.25) is 0 Å². The maximum absolute atomic E-state index is 13.3. The third-order valence-corrected chi connectivity index (χ3v) is 7.95. The molecule has 0 radical (unpaired) electrons. The average Bonchev–Trinajstić information content (AvgIpc) is 3.26. The van der Waals surface area contributed by atoms with E-state index in [1.54, 1.807) is 0 Å². The fourth-order valence-corrected chi connectivity index (χ4v) is 6.12. The molecule has 0 saturated heterocycles. The van der Waals surface area contributed by atoms with Crippen molar-refractivity contribution in [2.75, 3.05) is 12.8 Å². The van der Waals surface area contributed by atoms with Crippen LogP contribution in [0.5, 0.6) is 5.75 Å². The van der Waals surface area contributed by atoms with Crippen molar-refractivity contribution in [3.63, 3.8) is 0 Å². The van der Waals surface area contributed by atoms with Crippen molar-refractivity contribution >= 4 is 56.2 Å². The van der Waals surface area contributed by atoms with Crippen molar-refractivity contribution in [2.45, 2.75) is 68.9 Å². The van der Waals surface area contributed by atoms with Gasteiger partial charge in [-0.15, -0.1) is 23.1 Å². The second-order valence-electron chi connectivity index (χ2n) is 8.55. The van der Waals surface area contributed by atoms with Gasteiger partial charge in [-0.1, -0.05) is 31.0 Å². The normalized spacial score (nSPS) is 14.1. The molecule has 0 bridgehead atoms. The lowest BCUT2D eigenvalue weighted by Gasteiger charge is -2.21. The fraction of sp³-hybridized carbons (Fsp3) is 0.462. The van der Waals surface area contributed by atoms with Gasteiger partial charge in [0.25, 0.3) is 0 Å². The van der Waals surface area contributed by atoms with Crippen molar-refractivity contribution in [3.05, 3.63) is 29.1 Å². The van der Waals surface area contributed by atoms with E-state index in [2.05, 4.69) is 11.4 Å². The number of hydrogen-bond acceptors (Lipinski definition) is 8. The van der Waals surface area contributed by atoms with Gasteiger partial charge in [0, 0.05) is 18.4 Å². The number of esters is 1. The largest absolute Gasteiger partial charge is 0.458 e. The average molecular weight is 512 g/mol. The summed E-state index contributed by atoms with van der Waals surface area (Å²) in [6, 6.07) is 9.89. The second kappa shape index (κ2) is 12.2. The highest BCUT2D eigenvalue weighted by Gasteiger charge is 2.29. The number of nitriles is 1. The lowest BCUT2D eigenvalue weighted by Crippen LogP contribution is -2.28. The summed E-state index contributed by atoms with van der Waals surface area (Å²) >= 11 is 2.75. The zero-order chi connectivity index (χ0) is 24.6. The molecule has 1 saturated carbocycles. The number of unbranched alkanes of at least 4 members (excludes halogenated alkanes) is 3. The Bertz CT molecular complexity index is 1240. The molecule has 0 unspecified atom stereocenters. The van der Waals surface area contributed by atoms with Crippen molar-refractivity contribution < 1.29 is 19.1 Å². The monoisotopic (exact) mass is 511 g/mol. The summed E-state index contributed by atoms with van der Waals surface area (Å²) in [5.74, 6) is -0.232. The van der Waals surface area contributed by atoms with Gasteiger partial charge in [0.1, 0.15) is 11.1 Å². The lowest BCUT2D eigenvalue weighted by atomic mass is 9.98. The lowest BCUT2D eigenvalue weighted by molar-refractivity contribution is 0.0215. The predicted octanol–water partition coefficient (Wildman–Crippen LogP) is 6.83. The van der Waals surface area contributed by atoms with Crippen molar-refractivity contribution in [2.24, 2.45) is 0 Å². The van der Waals surface area contributed by atoms with Crippen LogP contribution in [0.15, 0.2) is 29.3 Å². The number of carbonyl (C=O) groups excluding carboxylic acids is 2. The Hall–Kier alpha value is -2.83. The molecule has 184 valence electrons. The van der Waals surface area contributed by atoms with Gasteiger partial charge in [-0.05, 0) is 50.8 Å². The van der Waals surface area contributed by atoms with E-state index in [4.69, 9.17) is 19.7 Å². The topological polar surface area (TPSA) is 101 Å². The SMILES string of the molecule is CSc1nc2ccccc2c2sc(C(=O)OC3CCCCC3)c(OC(=O)NCCCCCC#N)c12. The molecule has 1 N–H and O–H groups in total. The smallest absolute Gasteiger partial charge is 0.412 e. The number of ether oxygens (including phenoxy) is 2. The predicted molar refractivity (Wildman–Crippen MR) is 139 cm³/mol. The number of amides is 1. The first-order valence-corrected chi connectivity index (χ1v) is 14.1. The minimum atomic E-state index is -0.614. The van der Waals surface area contributed by atoms with Gasteiger partial charge in [-0.25, -0.2) is 14.6 Å². The summed E-state index contributed by atoms with van der Waals surface area (Å²) in [5, 5.41) is 13.7.